The molecular weight excluding hydrogens is 288 g/mol. The van der Waals surface area contributed by atoms with Crippen LogP contribution in [0.5, 0.6) is 0 Å². The smallest absolute Gasteiger partial charge is 0.0346 e. The minimum Gasteiger partial charge on any atom is -0.303 e. The van der Waals surface area contributed by atoms with Crippen LogP contribution in [0.2, 0.25) is 0 Å². The lowest BCUT2D eigenvalue weighted by Gasteiger charge is -2.18. The summed E-state index contributed by atoms with van der Waals surface area (Å²) in [6.07, 6.45) is 7.61. The van der Waals surface area contributed by atoms with Gasteiger partial charge in [0, 0.05) is 28.7 Å². The summed E-state index contributed by atoms with van der Waals surface area (Å²) in [6.45, 7) is 1.24. The van der Waals surface area contributed by atoms with Crippen molar-refractivity contribution in [3.05, 3.63) is 53.7 Å². The van der Waals surface area contributed by atoms with E-state index in [0.29, 0.717) is 6.04 Å². The number of thiophene rings is 1. The Morgan fingerprint density at radius 2 is 2.23 bits per heavy atom. The molecule has 0 bridgehead atoms. The largest absolute Gasteiger partial charge is 0.303 e. The van der Waals surface area contributed by atoms with Crippen LogP contribution in [0.15, 0.2) is 48.1 Å². The van der Waals surface area contributed by atoms with Crippen LogP contribution < -0.4 is 0 Å². The summed E-state index contributed by atoms with van der Waals surface area (Å²) in [5.74, 6) is 0. The molecule has 1 saturated heterocycles. The molecule has 2 nitrogen and oxygen atoms in total. The molecule has 0 radical (unpaired) electrons. The average molecular weight is 308 g/mol. The maximum Gasteiger partial charge on any atom is 0.0346 e. The monoisotopic (exact) mass is 308 g/mol. The normalized spacial score (nSPS) is 19.0. The lowest BCUT2D eigenvalue weighted by Crippen LogP contribution is -2.26. The van der Waals surface area contributed by atoms with Crippen molar-refractivity contribution in [2.24, 2.45) is 0 Å². The van der Waals surface area contributed by atoms with Gasteiger partial charge in [0.1, 0.15) is 0 Å². The highest BCUT2D eigenvalue weighted by atomic mass is 32.1. The molecule has 4 rings (SSSR count). The fraction of sp³-hybridized carbons (Fsp3) is 0.316. The first kappa shape index (κ1) is 13.9. The molecule has 0 saturated carbocycles. The molecular formula is C19H20N2S. The molecule has 0 amide bonds. The topological polar surface area (TPSA) is 16.1 Å². The van der Waals surface area contributed by atoms with Crippen molar-refractivity contribution in [2.75, 3.05) is 13.6 Å². The van der Waals surface area contributed by atoms with Crippen molar-refractivity contribution >= 4 is 21.4 Å². The molecule has 1 aromatic carbocycles. The van der Waals surface area contributed by atoms with Crippen LogP contribution in [0.1, 0.15) is 18.4 Å². The molecule has 22 heavy (non-hydrogen) atoms. The van der Waals surface area contributed by atoms with E-state index in [4.69, 9.17) is 0 Å². The number of fused-ring (bicyclic) bond motifs is 1. The average Bonchev–Trinajstić information content (AvgIpc) is 3.15. The minimum absolute atomic E-state index is 0.708. The van der Waals surface area contributed by atoms with Crippen LogP contribution in [-0.2, 0) is 6.42 Å². The Hall–Kier alpha value is -1.71. The molecule has 1 aliphatic rings. The van der Waals surface area contributed by atoms with Crippen LogP contribution in [0.25, 0.3) is 21.2 Å². The second-order valence-electron chi connectivity index (χ2n) is 6.19. The van der Waals surface area contributed by atoms with Gasteiger partial charge in [0.2, 0.25) is 0 Å². The number of likely N-dealkylation sites (tertiary alicyclic amines) is 1. The lowest BCUT2D eigenvalue weighted by molar-refractivity contribution is 0.310. The molecule has 1 atom stereocenters. The third-order valence-corrected chi connectivity index (χ3v) is 5.79. The van der Waals surface area contributed by atoms with Gasteiger partial charge >= 0.3 is 0 Å². The molecule has 0 aliphatic carbocycles. The van der Waals surface area contributed by atoms with E-state index in [1.165, 1.54) is 52.6 Å². The van der Waals surface area contributed by atoms with E-state index in [9.17, 15) is 0 Å². The number of nitrogens with zero attached hydrogens (tertiary/aromatic N) is 2. The summed E-state index contributed by atoms with van der Waals surface area (Å²) >= 11 is 1.87. The van der Waals surface area contributed by atoms with Crippen molar-refractivity contribution in [1.82, 2.24) is 9.88 Å². The van der Waals surface area contributed by atoms with Gasteiger partial charge in [0.15, 0.2) is 0 Å². The predicted molar refractivity (Wildman–Crippen MR) is 94.4 cm³/mol. The summed E-state index contributed by atoms with van der Waals surface area (Å²) in [6, 6.07) is 11.6. The van der Waals surface area contributed by atoms with Crippen molar-refractivity contribution in [2.45, 2.75) is 25.3 Å². The first-order valence-corrected chi connectivity index (χ1v) is 8.80. The van der Waals surface area contributed by atoms with E-state index >= 15 is 0 Å². The van der Waals surface area contributed by atoms with E-state index in [0.717, 1.165) is 0 Å². The van der Waals surface area contributed by atoms with Crippen LogP contribution >= 0.6 is 11.3 Å². The first-order chi connectivity index (χ1) is 10.8. The van der Waals surface area contributed by atoms with Gasteiger partial charge in [-0.15, -0.1) is 11.3 Å². The van der Waals surface area contributed by atoms with E-state index < -0.39 is 0 Å². The van der Waals surface area contributed by atoms with Crippen molar-refractivity contribution < 1.29 is 0 Å². The number of hydrogen-bond acceptors (Lipinski definition) is 3. The summed E-state index contributed by atoms with van der Waals surface area (Å²) in [7, 11) is 2.26. The number of rotatable bonds is 3. The fourth-order valence-corrected chi connectivity index (χ4v) is 4.40. The highest BCUT2D eigenvalue weighted by Crippen LogP contribution is 2.32. The Kier molecular flexibility index (Phi) is 3.68. The zero-order valence-corrected chi connectivity index (χ0v) is 13.6. The Morgan fingerprint density at radius 1 is 1.27 bits per heavy atom. The molecule has 0 spiro atoms. The maximum absolute atomic E-state index is 4.24. The highest BCUT2D eigenvalue weighted by molar-refractivity contribution is 7.17. The van der Waals surface area contributed by atoms with Gasteiger partial charge in [-0.05, 0) is 72.9 Å². The lowest BCUT2D eigenvalue weighted by atomic mass is 10.00. The third kappa shape index (κ3) is 2.55. The van der Waals surface area contributed by atoms with Gasteiger partial charge < -0.3 is 4.90 Å². The SMILES string of the molecule is CN1CCC[C@@H]1Cc1csc2ccc(-c3cccnc3)cc12. The van der Waals surface area contributed by atoms with Gasteiger partial charge in [0.05, 0.1) is 0 Å². The standard InChI is InChI=1S/C19H20N2S/c1-21-9-3-5-17(21)10-16-13-22-19-7-6-14(11-18(16)19)15-4-2-8-20-12-15/h2,4,6-8,11-13,17H,3,5,9-10H2,1H3/t17-/m1/s1. The van der Waals surface area contributed by atoms with Crippen LogP contribution in [-0.4, -0.2) is 29.5 Å². The Labute approximate surface area is 135 Å². The van der Waals surface area contributed by atoms with Crippen molar-refractivity contribution in [3.8, 4) is 11.1 Å². The van der Waals surface area contributed by atoms with Gasteiger partial charge in [-0.3, -0.25) is 4.98 Å². The highest BCUT2D eigenvalue weighted by Gasteiger charge is 2.22. The van der Waals surface area contributed by atoms with E-state index in [2.05, 4.69) is 46.6 Å². The molecule has 2 aromatic heterocycles. The summed E-state index contributed by atoms with van der Waals surface area (Å²) in [4.78, 5) is 6.75. The number of aromatic nitrogens is 1. The van der Waals surface area contributed by atoms with Crippen LogP contribution in [0.4, 0.5) is 0 Å². The van der Waals surface area contributed by atoms with Gasteiger partial charge in [-0.2, -0.15) is 0 Å². The summed E-state index contributed by atoms with van der Waals surface area (Å²) < 4.78 is 1.39. The molecule has 3 aromatic rings. The van der Waals surface area contributed by atoms with Crippen LogP contribution in [0.3, 0.4) is 0 Å². The Bertz CT molecular complexity index is 778. The zero-order valence-electron chi connectivity index (χ0n) is 12.8. The zero-order chi connectivity index (χ0) is 14.9. The molecule has 3 heterocycles. The third-order valence-electron chi connectivity index (χ3n) is 4.78. The number of pyridine rings is 1. The molecule has 1 fully saturated rings. The van der Waals surface area contributed by atoms with Gasteiger partial charge in [-0.25, -0.2) is 0 Å². The van der Waals surface area contributed by atoms with Crippen LogP contribution in [0, 0.1) is 0 Å². The molecule has 1 aliphatic heterocycles. The van der Waals surface area contributed by atoms with E-state index in [-0.39, 0.29) is 0 Å². The second kappa shape index (κ2) is 5.82. The Balaban J connectivity index is 1.71. The number of hydrogen-bond donors (Lipinski definition) is 0. The fourth-order valence-electron chi connectivity index (χ4n) is 3.44. The van der Waals surface area contributed by atoms with Gasteiger partial charge in [-0.1, -0.05) is 12.1 Å². The maximum atomic E-state index is 4.24. The van der Waals surface area contributed by atoms with Crippen molar-refractivity contribution in [3.63, 3.8) is 0 Å². The van der Waals surface area contributed by atoms with Crippen molar-refractivity contribution in [1.29, 1.82) is 0 Å². The predicted octanol–water partition coefficient (Wildman–Crippen LogP) is 4.60. The summed E-state index contributed by atoms with van der Waals surface area (Å²) in [5.41, 5.74) is 3.96. The quantitative estimate of drug-likeness (QED) is 0.703. The number of likely N-dealkylation sites (N-methyl/N-ethyl adjacent to an activating group) is 1. The molecule has 3 heteroatoms. The number of benzene rings is 1. The van der Waals surface area contributed by atoms with E-state index in [1.807, 2.05) is 29.8 Å². The molecule has 0 unspecified atom stereocenters. The second-order valence-corrected chi connectivity index (χ2v) is 7.11. The van der Waals surface area contributed by atoms with Gasteiger partial charge in [0.25, 0.3) is 0 Å². The van der Waals surface area contributed by atoms with E-state index in [1.54, 1.807) is 0 Å². The Morgan fingerprint density at radius 3 is 3.00 bits per heavy atom. The first-order valence-electron chi connectivity index (χ1n) is 7.92. The summed E-state index contributed by atoms with van der Waals surface area (Å²) in [5, 5.41) is 3.77. The minimum atomic E-state index is 0.708. The molecule has 112 valence electrons. The molecule has 0 N–H and O–H groups in total.